The number of benzene rings is 2. The van der Waals surface area contributed by atoms with Crippen molar-refractivity contribution in [1.29, 1.82) is 0 Å². The van der Waals surface area contributed by atoms with E-state index in [-0.39, 0.29) is 17.7 Å². The van der Waals surface area contributed by atoms with E-state index in [1.165, 1.54) is 13.8 Å². The molecule has 172 valence electrons. The average Bonchev–Trinajstić information content (AvgIpc) is 2.94. The Labute approximate surface area is 191 Å². The van der Waals surface area contributed by atoms with E-state index in [0.717, 1.165) is 0 Å². The van der Waals surface area contributed by atoms with Crippen LogP contribution in [0.5, 0.6) is 0 Å². The van der Waals surface area contributed by atoms with Gasteiger partial charge >= 0.3 is 5.97 Å². The summed E-state index contributed by atoms with van der Waals surface area (Å²) in [5.41, 5.74) is -3.24. The van der Waals surface area contributed by atoms with Crippen LogP contribution in [0.15, 0.2) is 60.7 Å². The van der Waals surface area contributed by atoms with Crippen LogP contribution in [0.25, 0.3) is 0 Å². The van der Waals surface area contributed by atoms with E-state index < -0.39 is 47.2 Å². The molecular formula is C24H25N3O6. The summed E-state index contributed by atoms with van der Waals surface area (Å²) >= 11 is 0. The van der Waals surface area contributed by atoms with Crippen molar-refractivity contribution >= 4 is 29.6 Å². The summed E-state index contributed by atoms with van der Waals surface area (Å²) in [6, 6.07) is 16.3. The molecule has 33 heavy (non-hydrogen) atoms. The van der Waals surface area contributed by atoms with E-state index in [1.54, 1.807) is 67.6 Å². The normalized spacial score (nSPS) is 22.1. The third kappa shape index (κ3) is 4.34. The molecule has 1 fully saturated rings. The topological polar surface area (TPSA) is 122 Å². The SMILES string of the molecule is CCOC(=O)CN1C(=O)[C@@](C)(NC(=O)c2ccccc2)[C@](C)(NC(=O)c2ccccc2)C1=O. The molecule has 2 aromatic carbocycles. The number of carbonyl (C=O) groups is 5. The van der Waals surface area contributed by atoms with Crippen molar-refractivity contribution in [2.24, 2.45) is 0 Å². The molecule has 9 heteroatoms. The van der Waals surface area contributed by atoms with E-state index in [9.17, 15) is 24.0 Å². The number of hydrogen-bond donors (Lipinski definition) is 2. The molecule has 9 nitrogen and oxygen atoms in total. The molecule has 0 aromatic heterocycles. The van der Waals surface area contributed by atoms with Gasteiger partial charge in [-0.05, 0) is 45.0 Å². The van der Waals surface area contributed by atoms with Crippen molar-refractivity contribution in [3.05, 3.63) is 71.8 Å². The van der Waals surface area contributed by atoms with Crippen molar-refractivity contribution in [2.45, 2.75) is 31.8 Å². The van der Waals surface area contributed by atoms with Gasteiger partial charge in [0.1, 0.15) is 17.6 Å². The Morgan fingerprint density at radius 3 is 1.55 bits per heavy atom. The number of likely N-dealkylation sites (tertiary alicyclic amines) is 1. The van der Waals surface area contributed by atoms with Crippen LogP contribution in [0.4, 0.5) is 0 Å². The predicted octanol–water partition coefficient (Wildman–Crippen LogP) is 1.30. The molecule has 0 saturated carbocycles. The number of nitrogens with zero attached hydrogens (tertiary/aromatic N) is 1. The number of rotatable bonds is 7. The molecule has 1 saturated heterocycles. The maximum Gasteiger partial charge on any atom is 0.326 e. The molecule has 0 unspecified atom stereocenters. The average molecular weight is 451 g/mol. The van der Waals surface area contributed by atoms with Gasteiger partial charge in [0.05, 0.1) is 6.61 Å². The number of hydrogen-bond acceptors (Lipinski definition) is 6. The number of amides is 4. The molecule has 0 aliphatic carbocycles. The molecular weight excluding hydrogens is 426 g/mol. The second kappa shape index (κ2) is 9.23. The first-order chi connectivity index (χ1) is 15.6. The van der Waals surface area contributed by atoms with E-state index >= 15 is 0 Å². The number of nitrogens with one attached hydrogen (secondary N) is 2. The van der Waals surface area contributed by atoms with E-state index in [4.69, 9.17) is 4.74 Å². The minimum absolute atomic E-state index is 0.0685. The number of ether oxygens (including phenoxy) is 1. The van der Waals surface area contributed by atoms with E-state index in [2.05, 4.69) is 10.6 Å². The van der Waals surface area contributed by atoms with Gasteiger partial charge in [-0.15, -0.1) is 0 Å². The Morgan fingerprint density at radius 1 is 0.788 bits per heavy atom. The van der Waals surface area contributed by atoms with Crippen molar-refractivity contribution in [3.8, 4) is 0 Å². The van der Waals surface area contributed by atoms with Gasteiger partial charge in [-0.3, -0.25) is 28.9 Å². The highest BCUT2D eigenvalue weighted by Crippen LogP contribution is 2.35. The van der Waals surface area contributed by atoms with Crippen LogP contribution in [-0.2, 0) is 19.1 Å². The maximum absolute atomic E-state index is 13.4. The lowest BCUT2D eigenvalue weighted by Gasteiger charge is -2.37. The quantitative estimate of drug-likeness (QED) is 0.483. The van der Waals surface area contributed by atoms with Gasteiger partial charge in [0.15, 0.2) is 0 Å². The fourth-order valence-corrected chi connectivity index (χ4v) is 3.67. The number of imide groups is 1. The van der Waals surface area contributed by atoms with Crippen LogP contribution in [0.3, 0.4) is 0 Å². The highest BCUT2D eigenvalue weighted by atomic mass is 16.5. The van der Waals surface area contributed by atoms with Crippen LogP contribution in [0.2, 0.25) is 0 Å². The summed E-state index contributed by atoms with van der Waals surface area (Å²) in [4.78, 5) is 65.4. The smallest absolute Gasteiger partial charge is 0.326 e. The fourth-order valence-electron chi connectivity index (χ4n) is 3.67. The van der Waals surface area contributed by atoms with Gasteiger partial charge in [0, 0.05) is 11.1 Å². The van der Waals surface area contributed by atoms with E-state index in [0.29, 0.717) is 4.90 Å². The van der Waals surface area contributed by atoms with E-state index in [1.807, 2.05) is 0 Å². The summed E-state index contributed by atoms with van der Waals surface area (Å²) < 4.78 is 4.88. The van der Waals surface area contributed by atoms with Gasteiger partial charge in [0.25, 0.3) is 23.6 Å². The summed E-state index contributed by atoms with van der Waals surface area (Å²) in [5.74, 6) is -3.68. The Morgan fingerprint density at radius 2 is 1.18 bits per heavy atom. The molecule has 2 aromatic rings. The third-order valence-electron chi connectivity index (χ3n) is 5.74. The van der Waals surface area contributed by atoms with Gasteiger partial charge in [-0.2, -0.15) is 0 Å². The lowest BCUT2D eigenvalue weighted by Crippen LogP contribution is -2.70. The Balaban J connectivity index is 2.00. The summed E-state index contributed by atoms with van der Waals surface area (Å²) in [7, 11) is 0. The minimum Gasteiger partial charge on any atom is -0.465 e. The van der Waals surface area contributed by atoms with Crippen molar-refractivity contribution in [3.63, 3.8) is 0 Å². The first-order valence-electron chi connectivity index (χ1n) is 10.4. The molecule has 3 rings (SSSR count). The minimum atomic E-state index is -1.88. The maximum atomic E-state index is 13.4. The van der Waals surface area contributed by atoms with Gasteiger partial charge in [-0.25, -0.2) is 0 Å². The van der Waals surface area contributed by atoms with Crippen molar-refractivity contribution in [2.75, 3.05) is 13.2 Å². The number of esters is 1. The Kier molecular flexibility index (Phi) is 6.62. The summed E-state index contributed by atoms with van der Waals surface area (Å²) in [5, 5.41) is 5.23. The second-order valence-electron chi connectivity index (χ2n) is 7.89. The molecule has 0 radical (unpaired) electrons. The molecule has 0 bridgehead atoms. The van der Waals surface area contributed by atoms with Gasteiger partial charge in [0.2, 0.25) is 0 Å². The molecule has 1 heterocycles. The zero-order chi connectivity index (χ0) is 24.2. The van der Waals surface area contributed by atoms with Gasteiger partial charge < -0.3 is 15.4 Å². The zero-order valence-electron chi connectivity index (χ0n) is 18.6. The fraction of sp³-hybridized carbons (Fsp3) is 0.292. The van der Waals surface area contributed by atoms with Gasteiger partial charge in [-0.1, -0.05) is 36.4 Å². The lowest BCUT2D eigenvalue weighted by atomic mass is 9.80. The van der Waals surface area contributed by atoms with Crippen LogP contribution in [0.1, 0.15) is 41.5 Å². The van der Waals surface area contributed by atoms with Crippen LogP contribution >= 0.6 is 0 Å². The largest absolute Gasteiger partial charge is 0.465 e. The van der Waals surface area contributed by atoms with Crippen LogP contribution < -0.4 is 10.6 Å². The summed E-state index contributed by atoms with van der Waals surface area (Å²) in [6.45, 7) is 3.73. The zero-order valence-corrected chi connectivity index (χ0v) is 18.6. The van der Waals surface area contributed by atoms with Crippen molar-refractivity contribution in [1.82, 2.24) is 15.5 Å². The highest BCUT2D eigenvalue weighted by Gasteiger charge is 2.66. The highest BCUT2D eigenvalue weighted by molar-refractivity contribution is 6.18. The number of carbonyl (C=O) groups excluding carboxylic acids is 5. The molecule has 2 N–H and O–H groups in total. The van der Waals surface area contributed by atoms with Crippen LogP contribution in [0, 0.1) is 0 Å². The molecule has 4 amide bonds. The molecule has 1 aliphatic heterocycles. The monoisotopic (exact) mass is 451 g/mol. The summed E-state index contributed by atoms with van der Waals surface area (Å²) in [6.07, 6.45) is 0. The molecule has 1 aliphatic rings. The Hall–Kier alpha value is -4.01. The first-order valence-corrected chi connectivity index (χ1v) is 10.4. The Bertz CT molecular complexity index is 1010. The lowest BCUT2D eigenvalue weighted by molar-refractivity contribution is -0.153. The third-order valence-corrected chi connectivity index (χ3v) is 5.74. The first kappa shape index (κ1) is 23.6. The van der Waals surface area contributed by atoms with Crippen LogP contribution in [-0.4, -0.2) is 58.7 Å². The second-order valence-corrected chi connectivity index (χ2v) is 7.89. The standard InChI is InChI=1S/C24H25N3O6/c1-4-33-18(28)15-27-21(31)23(2,25-19(29)16-11-7-5-8-12-16)24(3,22(27)32)26-20(30)17-13-9-6-10-14-17/h5-14H,4,15H2,1-3H3,(H,25,29)(H,26,30)/t23-,24-/m1/s1. The van der Waals surface area contributed by atoms with Crippen molar-refractivity contribution < 1.29 is 28.7 Å². The molecule has 2 atom stereocenters. The molecule has 0 spiro atoms. The predicted molar refractivity (Wildman–Crippen MR) is 118 cm³/mol.